The molecule has 0 bridgehead atoms. The molecule has 2 atom stereocenters. The lowest BCUT2D eigenvalue weighted by Gasteiger charge is -2.20. The van der Waals surface area contributed by atoms with Gasteiger partial charge >= 0.3 is 0 Å². The van der Waals surface area contributed by atoms with Crippen LogP contribution in [0.4, 0.5) is 0 Å². The Morgan fingerprint density at radius 3 is 2.92 bits per heavy atom. The summed E-state index contributed by atoms with van der Waals surface area (Å²) in [5, 5.41) is 0. The Balaban J connectivity index is 2.08. The van der Waals surface area contributed by atoms with Gasteiger partial charge in [0.25, 0.3) is 0 Å². The largest absolute Gasteiger partial charge is 0.295 e. The van der Waals surface area contributed by atoms with Crippen molar-refractivity contribution >= 4 is 12.1 Å². The van der Waals surface area contributed by atoms with Gasteiger partial charge in [-0.2, -0.15) is 0 Å². The van der Waals surface area contributed by atoms with Crippen LogP contribution in [0.5, 0.6) is 0 Å². The van der Waals surface area contributed by atoms with Crippen LogP contribution in [0, 0.1) is 0 Å². The molecule has 2 rings (SSSR count). The van der Waals surface area contributed by atoms with Crippen molar-refractivity contribution in [3.8, 4) is 0 Å². The average molecular weight is 167 g/mol. The van der Waals surface area contributed by atoms with Crippen LogP contribution < -0.4 is 0 Å². The zero-order valence-corrected chi connectivity index (χ0v) is 7.03. The predicted molar refractivity (Wildman–Crippen MR) is 43.8 cm³/mol. The van der Waals surface area contributed by atoms with E-state index in [1.165, 1.54) is 12.8 Å². The predicted octanol–water partition coefficient (Wildman–Crippen LogP) is 0.381. The summed E-state index contributed by atoms with van der Waals surface area (Å²) in [7, 11) is 0. The molecule has 0 aromatic heterocycles. The van der Waals surface area contributed by atoms with Crippen LogP contribution in [0.1, 0.15) is 25.7 Å². The molecule has 0 radical (unpaired) electrons. The molecular weight excluding hydrogens is 154 g/mol. The first-order chi connectivity index (χ1) is 5.83. The Hall–Kier alpha value is -0.700. The van der Waals surface area contributed by atoms with Gasteiger partial charge in [-0.25, -0.2) is 0 Å². The maximum atomic E-state index is 11.1. The zero-order chi connectivity index (χ0) is 8.55. The first-order valence-corrected chi connectivity index (χ1v) is 4.57. The summed E-state index contributed by atoms with van der Waals surface area (Å²) >= 11 is 0. The molecule has 0 aromatic carbocycles. The van der Waals surface area contributed by atoms with Crippen molar-refractivity contribution in [1.29, 1.82) is 0 Å². The number of aldehydes is 1. The van der Waals surface area contributed by atoms with Crippen LogP contribution in [-0.4, -0.2) is 35.6 Å². The third-order valence-corrected chi connectivity index (χ3v) is 3.04. The normalized spacial score (nSPS) is 35.0. The van der Waals surface area contributed by atoms with Crippen LogP contribution in [0.25, 0.3) is 0 Å². The van der Waals surface area contributed by atoms with Crippen LogP contribution in [-0.2, 0) is 9.59 Å². The molecule has 0 N–H and O–H groups in total. The highest BCUT2D eigenvalue weighted by Crippen LogP contribution is 2.32. The third kappa shape index (κ3) is 1.08. The van der Waals surface area contributed by atoms with Crippen molar-refractivity contribution in [3.63, 3.8) is 0 Å². The van der Waals surface area contributed by atoms with Gasteiger partial charge in [0, 0.05) is 6.04 Å². The minimum Gasteiger partial charge on any atom is -0.295 e. The van der Waals surface area contributed by atoms with E-state index in [-0.39, 0.29) is 11.8 Å². The number of hydrogen-bond donors (Lipinski definition) is 0. The minimum atomic E-state index is -0.223. The van der Waals surface area contributed by atoms with E-state index in [1.54, 1.807) is 0 Å². The number of fused-ring (bicyclic) bond motifs is 1. The highest BCUT2D eigenvalue weighted by Gasteiger charge is 2.39. The van der Waals surface area contributed by atoms with Gasteiger partial charge in [-0.3, -0.25) is 14.5 Å². The molecule has 66 valence electrons. The lowest BCUT2D eigenvalue weighted by atomic mass is 10.1. The Labute approximate surface area is 71.7 Å². The van der Waals surface area contributed by atoms with Gasteiger partial charge in [0.05, 0.1) is 6.04 Å². The second-order valence-corrected chi connectivity index (χ2v) is 3.65. The molecule has 2 heterocycles. The van der Waals surface area contributed by atoms with Crippen molar-refractivity contribution < 1.29 is 9.59 Å². The summed E-state index contributed by atoms with van der Waals surface area (Å²) in [6.07, 6.45) is 4.87. The molecule has 0 spiro atoms. The molecule has 0 aliphatic carbocycles. The lowest BCUT2D eigenvalue weighted by Crippen LogP contribution is -2.37. The molecule has 2 aliphatic heterocycles. The molecule has 2 saturated heterocycles. The van der Waals surface area contributed by atoms with Crippen molar-refractivity contribution in [2.24, 2.45) is 0 Å². The second-order valence-electron chi connectivity index (χ2n) is 3.65. The average Bonchev–Trinajstić information content (AvgIpc) is 2.62. The van der Waals surface area contributed by atoms with E-state index in [1.807, 2.05) is 0 Å². The van der Waals surface area contributed by atoms with Gasteiger partial charge in [0.1, 0.15) is 0 Å². The monoisotopic (exact) mass is 167 g/mol. The van der Waals surface area contributed by atoms with Crippen molar-refractivity contribution in [1.82, 2.24) is 4.90 Å². The minimum absolute atomic E-state index is 0.0741. The highest BCUT2D eigenvalue weighted by molar-refractivity contribution is 6.27. The van der Waals surface area contributed by atoms with Crippen molar-refractivity contribution in [2.45, 2.75) is 37.8 Å². The standard InChI is InChI=1S/C9H13NO2/c11-6-9(12)8-4-3-7-2-1-5-10(7)8/h6-8H,1-5H2. The summed E-state index contributed by atoms with van der Waals surface area (Å²) in [5.74, 6) is -0.223. The number of Topliss-reactive ketones (excluding diaryl/α,β-unsaturated/α-hetero) is 1. The summed E-state index contributed by atoms with van der Waals surface area (Å²) in [4.78, 5) is 23.7. The Morgan fingerprint density at radius 1 is 1.33 bits per heavy atom. The number of hydrogen-bond acceptors (Lipinski definition) is 3. The SMILES string of the molecule is O=CC(=O)C1CCC2CCCN21. The van der Waals surface area contributed by atoms with Gasteiger partial charge in [-0.1, -0.05) is 0 Å². The number of nitrogens with zero attached hydrogens (tertiary/aromatic N) is 1. The van der Waals surface area contributed by atoms with E-state index in [9.17, 15) is 9.59 Å². The number of ketones is 1. The summed E-state index contributed by atoms with van der Waals surface area (Å²) < 4.78 is 0. The lowest BCUT2D eigenvalue weighted by molar-refractivity contribution is -0.132. The van der Waals surface area contributed by atoms with Gasteiger partial charge in [0.15, 0.2) is 6.29 Å². The van der Waals surface area contributed by atoms with Gasteiger partial charge in [0.2, 0.25) is 5.78 Å². The van der Waals surface area contributed by atoms with Gasteiger partial charge < -0.3 is 0 Å². The Kier molecular flexibility index (Phi) is 1.97. The van der Waals surface area contributed by atoms with Crippen molar-refractivity contribution in [3.05, 3.63) is 0 Å². The fraction of sp³-hybridized carbons (Fsp3) is 0.778. The molecule has 3 nitrogen and oxygen atoms in total. The first-order valence-electron chi connectivity index (χ1n) is 4.57. The molecule has 2 unspecified atom stereocenters. The van der Waals surface area contributed by atoms with E-state index in [0.29, 0.717) is 12.3 Å². The Bertz CT molecular complexity index is 215. The van der Waals surface area contributed by atoms with Gasteiger partial charge in [-0.15, -0.1) is 0 Å². The van der Waals surface area contributed by atoms with E-state index in [0.717, 1.165) is 19.4 Å². The molecular formula is C9H13NO2. The zero-order valence-electron chi connectivity index (χ0n) is 7.03. The maximum Gasteiger partial charge on any atom is 0.212 e. The number of rotatable bonds is 2. The van der Waals surface area contributed by atoms with E-state index in [4.69, 9.17) is 0 Å². The van der Waals surface area contributed by atoms with E-state index >= 15 is 0 Å². The number of carbonyl (C=O) groups is 2. The first kappa shape index (κ1) is 7.92. The third-order valence-electron chi connectivity index (χ3n) is 3.04. The summed E-state index contributed by atoms with van der Waals surface area (Å²) in [5.41, 5.74) is 0. The fourth-order valence-corrected chi connectivity index (χ4v) is 2.48. The topological polar surface area (TPSA) is 37.4 Å². The summed E-state index contributed by atoms with van der Waals surface area (Å²) in [6.45, 7) is 1.01. The van der Waals surface area contributed by atoms with Crippen LogP contribution in [0.3, 0.4) is 0 Å². The van der Waals surface area contributed by atoms with Crippen LogP contribution in [0.15, 0.2) is 0 Å². The van der Waals surface area contributed by atoms with Crippen LogP contribution >= 0.6 is 0 Å². The molecule has 0 aromatic rings. The van der Waals surface area contributed by atoms with E-state index in [2.05, 4.69) is 4.90 Å². The molecule has 12 heavy (non-hydrogen) atoms. The molecule has 0 amide bonds. The van der Waals surface area contributed by atoms with E-state index < -0.39 is 0 Å². The molecule has 2 aliphatic rings. The maximum absolute atomic E-state index is 11.1. The molecule has 2 fully saturated rings. The van der Waals surface area contributed by atoms with Gasteiger partial charge in [-0.05, 0) is 32.2 Å². The second kappa shape index (κ2) is 2.98. The number of carbonyl (C=O) groups excluding carboxylic acids is 2. The fourth-order valence-electron chi connectivity index (χ4n) is 2.48. The quantitative estimate of drug-likeness (QED) is 0.441. The molecule has 3 heteroatoms. The van der Waals surface area contributed by atoms with Crippen molar-refractivity contribution in [2.75, 3.05) is 6.54 Å². The smallest absolute Gasteiger partial charge is 0.212 e. The van der Waals surface area contributed by atoms with Crippen LogP contribution in [0.2, 0.25) is 0 Å². The summed E-state index contributed by atoms with van der Waals surface area (Å²) in [6, 6.07) is 0.522. The molecule has 0 saturated carbocycles. The Morgan fingerprint density at radius 2 is 2.17 bits per heavy atom. The highest BCUT2D eigenvalue weighted by atomic mass is 16.2.